The molecule has 1 unspecified atom stereocenters. The highest BCUT2D eigenvalue weighted by atomic mass is 35.5. The molecule has 0 bridgehead atoms. The van der Waals surface area contributed by atoms with Gasteiger partial charge in [-0.15, -0.1) is 0 Å². The van der Waals surface area contributed by atoms with Crippen molar-refractivity contribution in [2.24, 2.45) is 0 Å². The molecular formula is C9H8ClNO3. The summed E-state index contributed by atoms with van der Waals surface area (Å²) in [4.78, 5) is 24.0. The number of ketones is 1. The first kappa shape index (κ1) is 10.7. The molecule has 0 amide bonds. The minimum atomic E-state index is -1.40. The number of benzene rings is 1. The van der Waals surface area contributed by atoms with Gasteiger partial charge in [-0.1, -0.05) is 30.3 Å². The van der Waals surface area contributed by atoms with E-state index in [4.69, 9.17) is 16.9 Å². The number of aliphatic carboxylic acids is 1. The minimum absolute atomic E-state index is 0.313. The number of carbonyl (C=O) groups is 2. The molecule has 0 saturated heterocycles. The van der Waals surface area contributed by atoms with Crippen molar-refractivity contribution in [2.45, 2.75) is 6.04 Å². The molecule has 14 heavy (non-hydrogen) atoms. The fourth-order valence-corrected chi connectivity index (χ4v) is 1.17. The van der Waals surface area contributed by atoms with E-state index in [1.165, 1.54) is 12.1 Å². The molecule has 0 aliphatic rings. The Labute approximate surface area is 85.6 Å². The first-order valence-electron chi connectivity index (χ1n) is 3.85. The molecule has 0 aromatic heterocycles. The predicted molar refractivity (Wildman–Crippen MR) is 51.2 cm³/mol. The monoisotopic (exact) mass is 213 g/mol. The van der Waals surface area contributed by atoms with Gasteiger partial charge in [0.1, 0.15) is 0 Å². The number of carboxylic acids is 1. The maximum absolute atomic E-state index is 11.5. The van der Waals surface area contributed by atoms with Crippen molar-refractivity contribution in [2.75, 3.05) is 0 Å². The smallest absolute Gasteiger partial charge is 0.330 e. The lowest BCUT2D eigenvalue weighted by Crippen LogP contribution is -2.38. The van der Waals surface area contributed by atoms with Crippen molar-refractivity contribution in [1.82, 2.24) is 4.84 Å². The Bertz CT molecular complexity index is 339. The molecule has 1 atom stereocenters. The van der Waals surface area contributed by atoms with Crippen LogP contribution >= 0.6 is 11.8 Å². The Morgan fingerprint density at radius 2 is 1.86 bits per heavy atom. The topological polar surface area (TPSA) is 66.4 Å². The lowest BCUT2D eigenvalue weighted by molar-refractivity contribution is -0.137. The van der Waals surface area contributed by atoms with Crippen LogP contribution < -0.4 is 4.84 Å². The zero-order valence-electron chi connectivity index (χ0n) is 7.11. The average molecular weight is 214 g/mol. The number of hydrogen-bond acceptors (Lipinski definition) is 3. The fourth-order valence-electron chi connectivity index (χ4n) is 0.977. The van der Waals surface area contributed by atoms with Crippen molar-refractivity contribution in [3.63, 3.8) is 0 Å². The minimum Gasteiger partial charge on any atom is -0.480 e. The molecule has 1 aromatic rings. The lowest BCUT2D eigenvalue weighted by Gasteiger charge is -2.07. The van der Waals surface area contributed by atoms with Gasteiger partial charge in [-0.25, -0.2) is 9.63 Å². The molecular weight excluding hydrogens is 206 g/mol. The van der Waals surface area contributed by atoms with Crippen molar-refractivity contribution in [3.8, 4) is 0 Å². The predicted octanol–water partition coefficient (Wildman–Crippen LogP) is 1.07. The number of nitrogens with one attached hydrogen (secondary N) is 1. The standard InChI is InChI=1S/C9H8ClNO3/c10-11-7(9(13)14)8(12)6-4-2-1-3-5-6/h1-5,7,11H,(H,13,14). The molecule has 0 heterocycles. The number of carbonyl (C=O) groups excluding carboxylic acids is 1. The van der Waals surface area contributed by atoms with E-state index < -0.39 is 17.8 Å². The van der Waals surface area contributed by atoms with Crippen LogP contribution in [-0.4, -0.2) is 22.9 Å². The van der Waals surface area contributed by atoms with Gasteiger partial charge >= 0.3 is 5.97 Å². The summed E-state index contributed by atoms with van der Waals surface area (Å²) < 4.78 is 0. The van der Waals surface area contributed by atoms with Crippen LogP contribution in [-0.2, 0) is 4.79 Å². The molecule has 1 rings (SSSR count). The molecule has 2 N–H and O–H groups in total. The van der Waals surface area contributed by atoms with Crippen LogP contribution in [0.3, 0.4) is 0 Å². The van der Waals surface area contributed by atoms with Gasteiger partial charge < -0.3 is 5.11 Å². The molecule has 0 radical (unpaired) electrons. The number of hydrogen-bond donors (Lipinski definition) is 2. The molecule has 0 aliphatic heterocycles. The summed E-state index contributed by atoms with van der Waals surface area (Å²) in [5.41, 5.74) is 0.313. The third-order valence-electron chi connectivity index (χ3n) is 1.68. The molecule has 5 heteroatoms. The van der Waals surface area contributed by atoms with Gasteiger partial charge in [-0.05, 0) is 11.8 Å². The van der Waals surface area contributed by atoms with Gasteiger partial charge in [0.05, 0.1) is 0 Å². The van der Waals surface area contributed by atoms with E-state index in [1.54, 1.807) is 18.2 Å². The average Bonchev–Trinajstić information content (AvgIpc) is 2.19. The summed E-state index contributed by atoms with van der Waals surface area (Å²) in [6.07, 6.45) is 0. The van der Waals surface area contributed by atoms with E-state index >= 15 is 0 Å². The first-order valence-corrected chi connectivity index (χ1v) is 4.23. The second kappa shape index (κ2) is 4.74. The highest BCUT2D eigenvalue weighted by Crippen LogP contribution is 2.04. The molecule has 1 aromatic carbocycles. The van der Waals surface area contributed by atoms with Crippen molar-refractivity contribution in [1.29, 1.82) is 0 Å². The number of halogens is 1. The summed E-state index contributed by atoms with van der Waals surface area (Å²) >= 11 is 5.16. The summed E-state index contributed by atoms with van der Waals surface area (Å²) in [7, 11) is 0. The second-order valence-corrected chi connectivity index (χ2v) is 2.83. The van der Waals surface area contributed by atoms with Crippen LogP contribution in [0.1, 0.15) is 10.4 Å². The SMILES string of the molecule is O=C(O)C(NCl)C(=O)c1ccccc1. The highest BCUT2D eigenvalue weighted by Gasteiger charge is 2.25. The van der Waals surface area contributed by atoms with Crippen LogP contribution in [0.5, 0.6) is 0 Å². The van der Waals surface area contributed by atoms with Gasteiger partial charge in [-0.3, -0.25) is 4.79 Å². The van der Waals surface area contributed by atoms with E-state index in [0.717, 1.165) is 0 Å². The zero-order chi connectivity index (χ0) is 10.6. The third-order valence-corrected chi connectivity index (χ3v) is 1.89. The van der Waals surface area contributed by atoms with Gasteiger partial charge in [0.2, 0.25) is 0 Å². The lowest BCUT2D eigenvalue weighted by atomic mass is 10.1. The molecule has 4 nitrogen and oxygen atoms in total. The fraction of sp³-hybridized carbons (Fsp3) is 0.111. The summed E-state index contributed by atoms with van der Waals surface area (Å²) in [5, 5.41) is 8.64. The third kappa shape index (κ3) is 2.31. The number of Topliss-reactive ketones (excluding diaryl/α,β-unsaturated/α-hetero) is 1. The molecule has 0 saturated carbocycles. The quantitative estimate of drug-likeness (QED) is 0.446. The Hall–Kier alpha value is -1.39. The molecule has 0 fully saturated rings. The normalized spacial score (nSPS) is 12.1. The maximum atomic E-state index is 11.5. The van der Waals surface area contributed by atoms with Crippen LogP contribution in [0, 0.1) is 0 Å². The van der Waals surface area contributed by atoms with E-state index in [1.807, 2.05) is 4.84 Å². The summed E-state index contributed by atoms with van der Waals surface area (Å²) in [6, 6.07) is 6.71. The molecule has 74 valence electrons. The van der Waals surface area contributed by atoms with Crippen LogP contribution in [0.2, 0.25) is 0 Å². The van der Waals surface area contributed by atoms with Gasteiger partial charge in [0, 0.05) is 5.56 Å². The Kier molecular flexibility index (Phi) is 3.62. The maximum Gasteiger partial charge on any atom is 0.330 e. The van der Waals surface area contributed by atoms with E-state index in [9.17, 15) is 9.59 Å². The van der Waals surface area contributed by atoms with Gasteiger partial charge in [0.15, 0.2) is 11.8 Å². The molecule has 0 spiro atoms. The summed E-state index contributed by atoms with van der Waals surface area (Å²) in [5.74, 6) is -1.86. The summed E-state index contributed by atoms with van der Waals surface area (Å²) in [6.45, 7) is 0. The van der Waals surface area contributed by atoms with Gasteiger partial charge in [-0.2, -0.15) is 0 Å². The Balaban J connectivity index is 2.89. The van der Waals surface area contributed by atoms with Gasteiger partial charge in [0.25, 0.3) is 0 Å². The largest absolute Gasteiger partial charge is 0.480 e. The Morgan fingerprint density at radius 1 is 1.29 bits per heavy atom. The first-order chi connectivity index (χ1) is 6.66. The van der Waals surface area contributed by atoms with E-state index in [2.05, 4.69) is 0 Å². The van der Waals surface area contributed by atoms with Crippen LogP contribution in [0.15, 0.2) is 30.3 Å². The van der Waals surface area contributed by atoms with Crippen LogP contribution in [0.4, 0.5) is 0 Å². The van der Waals surface area contributed by atoms with Crippen molar-refractivity contribution < 1.29 is 14.7 Å². The zero-order valence-corrected chi connectivity index (χ0v) is 7.86. The van der Waals surface area contributed by atoms with Crippen molar-refractivity contribution >= 4 is 23.5 Å². The van der Waals surface area contributed by atoms with E-state index in [0.29, 0.717) is 5.56 Å². The number of rotatable bonds is 4. The molecule has 0 aliphatic carbocycles. The number of carboxylic acid groups (broad SMARTS) is 1. The van der Waals surface area contributed by atoms with Crippen molar-refractivity contribution in [3.05, 3.63) is 35.9 Å². The van der Waals surface area contributed by atoms with Crippen LogP contribution in [0.25, 0.3) is 0 Å². The van der Waals surface area contributed by atoms with E-state index in [-0.39, 0.29) is 0 Å². The second-order valence-electron chi connectivity index (χ2n) is 2.61. The Morgan fingerprint density at radius 3 is 2.29 bits per heavy atom. The highest BCUT2D eigenvalue weighted by molar-refractivity contribution is 6.21.